The van der Waals surface area contributed by atoms with Crippen LogP contribution in [0.15, 0.2) is 24.3 Å². The van der Waals surface area contributed by atoms with E-state index in [2.05, 4.69) is 15.3 Å². The number of halogens is 3. The second kappa shape index (κ2) is 7.86. The standard InChI is InChI=1S/C15H12Cl2FN5O4S/c16-11-6-12(17)20-14(19-11)21-15(25)23-28(26,27)22-10-4-3-8(18)5-9(10)13(24)7-1-2-7/h3-7,22H,1-2H2,(H2,19,20,21,23,25). The van der Waals surface area contributed by atoms with Gasteiger partial charge in [-0.3, -0.25) is 14.8 Å². The van der Waals surface area contributed by atoms with E-state index >= 15 is 0 Å². The first kappa shape index (κ1) is 20.2. The van der Waals surface area contributed by atoms with Crippen molar-refractivity contribution in [2.45, 2.75) is 12.8 Å². The average Bonchev–Trinajstić information content (AvgIpc) is 3.38. The van der Waals surface area contributed by atoms with Gasteiger partial charge in [-0.05, 0) is 31.0 Å². The molecule has 1 aliphatic carbocycles. The molecule has 1 aromatic heterocycles. The summed E-state index contributed by atoms with van der Waals surface area (Å²) in [5, 5.41) is 1.92. The first-order chi connectivity index (χ1) is 13.1. The lowest BCUT2D eigenvalue weighted by atomic mass is 10.1. The molecule has 0 spiro atoms. The first-order valence-corrected chi connectivity index (χ1v) is 10.0. The predicted octanol–water partition coefficient (Wildman–Crippen LogP) is 2.99. The molecule has 0 aliphatic heterocycles. The molecule has 1 heterocycles. The smallest absolute Gasteiger partial charge is 0.294 e. The molecule has 0 bridgehead atoms. The van der Waals surface area contributed by atoms with Gasteiger partial charge in [0.15, 0.2) is 5.78 Å². The fourth-order valence-electron chi connectivity index (χ4n) is 2.24. The fraction of sp³-hybridized carbons (Fsp3) is 0.200. The van der Waals surface area contributed by atoms with Crippen LogP contribution < -0.4 is 14.8 Å². The van der Waals surface area contributed by atoms with Crippen LogP contribution in [0.1, 0.15) is 23.2 Å². The van der Waals surface area contributed by atoms with E-state index in [0.29, 0.717) is 12.8 Å². The third kappa shape index (κ3) is 5.27. The Morgan fingerprint density at radius 2 is 1.75 bits per heavy atom. The highest BCUT2D eigenvalue weighted by Gasteiger charge is 2.32. The molecule has 1 fully saturated rings. The highest BCUT2D eigenvalue weighted by Crippen LogP contribution is 2.35. The van der Waals surface area contributed by atoms with Gasteiger partial charge in [0.1, 0.15) is 16.1 Å². The Hall–Kier alpha value is -2.50. The van der Waals surface area contributed by atoms with Gasteiger partial charge in [-0.2, -0.15) is 8.42 Å². The average molecular weight is 448 g/mol. The predicted molar refractivity (Wildman–Crippen MR) is 100 cm³/mol. The van der Waals surface area contributed by atoms with Gasteiger partial charge in [-0.25, -0.2) is 23.9 Å². The van der Waals surface area contributed by atoms with Gasteiger partial charge in [0.25, 0.3) is 0 Å². The van der Waals surface area contributed by atoms with Gasteiger partial charge in [0.05, 0.1) is 5.69 Å². The van der Waals surface area contributed by atoms with Crippen molar-refractivity contribution in [3.05, 3.63) is 46.0 Å². The van der Waals surface area contributed by atoms with Crippen molar-refractivity contribution in [2.24, 2.45) is 5.92 Å². The lowest BCUT2D eigenvalue weighted by molar-refractivity contribution is 0.0968. The Bertz CT molecular complexity index is 1040. The van der Waals surface area contributed by atoms with Crippen LogP contribution in [0.3, 0.4) is 0 Å². The van der Waals surface area contributed by atoms with Crippen LogP contribution in [0, 0.1) is 11.7 Å². The van der Waals surface area contributed by atoms with E-state index < -0.39 is 22.1 Å². The number of carbonyl (C=O) groups is 2. The number of nitrogens with one attached hydrogen (secondary N) is 3. The number of aromatic nitrogens is 2. The fourth-order valence-corrected chi connectivity index (χ4v) is 3.48. The van der Waals surface area contributed by atoms with Crippen LogP contribution in [0.5, 0.6) is 0 Å². The number of rotatable bonds is 6. The molecule has 9 nitrogen and oxygen atoms in total. The summed E-state index contributed by atoms with van der Waals surface area (Å²) in [6.45, 7) is 0. The molecule has 28 heavy (non-hydrogen) atoms. The Morgan fingerprint density at radius 3 is 2.36 bits per heavy atom. The van der Waals surface area contributed by atoms with Crippen molar-refractivity contribution >= 4 is 56.9 Å². The van der Waals surface area contributed by atoms with Gasteiger partial charge < -0.3 is 0 Å². The minimum absolute atomic E-state index is 0.0641. The summed E-state index contributed by atoms with van der Waals surface area (Å²) >= 11 is 11.3. The monoisotopic (exact) mass is 447 g/mol. The number of hydrogen-bond acceptors (Lipinski definition) is 6. The van der Waals surface area contributed by atoms with Crippen LogP contribution in [-0.2, 0) is 10.2 Å². The quantitative estimate of drug-likeness (QED) is 0.460. The van der Waals surface area contributed by atoms with E-state index in [4.69, 9.17) is 23.2 Å². The topological polar surface area (TPSA) is 130 Å². The number of carbonyl (C=O) groups excluding carboxylic acids is 2. The summed E-state index contributed by atoms with van der Waals surface area (Å²) < 4.78 is 41.6. The largest absolute Gasteiger partial charge is 0.336 e. The molecule has 1 aliphatic rings. The molecule has 1 saturated carbocycles. The molecule has 0 saturated heterocycles. The van der Waals surface area contributed by atoms with Crippen LogP contribution in [0.4, 0.5) is 20.8 Å². The normalized spacial score (nSPS) is 13.7. The number of urea groups is 1. The Morgan fingerprint density at radius 1 is 1.11 bits per heavy atom. The van der Waals surface area contributed by atoms with Crippen LogP contribution in [0.2, 0.25) is 10.3 Å². The van der Waals surface area contributed by atoms with E-state index in [-0.39, 0.29) is 39.2 Å². The number of Topliss-reactive ketones (excluding diaryl/α,β-unsaturated/α-hetero) is 1. The summed E-state index contributed by atoms with van der Waals surface area (Å²) in [5.74, 6) is -1.64. The van der Waals surface area contributed by atoms with Crippen molar-refractivity contribution in [2.75, 3.05) is 10.0 Å². The Balaban J connectivity index is 1.73. The summed E-state index contributed by atoms with van der Waals surface area (Å²) in [4.78, 5) is 31.5. The zero-order valence-electron chi connectivity index (χ0n) is 13.9. The zero-order valence-corrected chi connectivity index (χ0v) is 16.2. The summed E-state index contributed by atoms with van der Waals surface area (Å²) in [6, 6.07) is 3.05. The van der Waals surface area contributed by atoms with Crippen LogP contribution in [-0.4, -0.2) is 30.2 Å². The summed E-state index contributed by atoms with van der Waals surface area (Å²) in [7, 11) is -4.46. The summed E-state index contributed by atoms with van der Waals surface area (Å²) in [6.07, 6.45) is 1.31. The van der Waals surface area contributed by atoms with Crippen molar-refractivity contribution in [1.29, 1.82) is 0 Å². The number of benzene rings is 1. The van der Waals surface area contributed by atoms with Gasteiger partial charge in [0, 0.05) is 17.5 Å². The first-order valence-electron chi connectivity index (χ1n) is 7.78. The number of amides is 2. The van der Waals surface area contributed by atoms with E-state index in [9.17, 15) is 22.4 Å². The van der Waals surface area contributed by atoms with Crippen molar-refractivity contribution in [3.8, 4) is 0 Å². The molecule has 3 rings (SSSR count). The maximum Gasteiger partial charge on any atom is 0.336 e. The van der Waals surface area contributed by atoms with E-state index in [0.717, 1.165) is 18.2 Å². The van der Waals surface area contributed by atoms with Gasteiger partial charge >= 0.3 is 16.2 Å². The highest BCUT2D eigenvalue weighted by molar-refractivity contribution is 7.91. The second-order valence-electron chi connectivity index (χ2n) is 5.83. The lowest BCUT2D eigenvalue weighted by Crippen LogP contribution is -2.38. The molecule has 13 heteroatoms. The molecule has 2 amide bonds. The Labute approximate surface area is 168 Å². The maximum absolute atomic E-state index is 13.5. The third-order valence-electron chi connectivity index (χ3n) is 3.56. The van der Waals surface area contributed by atoms with Gasteiger partial charge in [-0.15, -0.1) is 0 Å². The molecule has 1 aromatic carbocycles. The molecule has 0 unspecified atom stereocenters. The van der Waals surface area contributed by atoms with Crippen molar-refractivity contribution < 1.29 is 22.4 Å². The number of anilines is 2. The van der Waals surface area contributed by atoms with Crippen LogP contribution in [0.25, 0.3) is 0 Å². The number of ketones is 1. The summed E-state index contributed by atoms with van der Waals surface area (Å²) in [5.41, 5.74) is -0.265. The molecule has 3 N–H and O–H groups in total. The minimum atomic E-state index is -4.46. The highest BCUT2D eigenvalue weighted by atomic mass is 35.5. The molecular weight excluding hydrogens is 436 g/mol. The van der Waals surface area contributed by atoms with E-state index in [1.165, 1.54) is 6.07 Å². The third-order valence-corrected chi connectivity index (χ3v) is 4.89. The van der Waals surface area contributed by atoms with E-state index in [1.807, 2.05) is 4.72 Å². The van der Waals surface area contributed by atoms with Crippen molar-refractivity contribution in [1.82, 2.24) is 14.7 Å². The lowest BCUT2D eigenvalue weighted by Gasteiger charge is -2.13. The molecule has 2 aromatic rings. The van der Waals surface area contributed by atoms with Gasteiger partial charge in [0.2, 0.25) is 5.95 Å². The van der Waals surface area contributed by atoms with Crippen LogP contribution >= 0.6 is 23.2 Å². The molecular formula is C15H12Cl2FN5O4S. The maximum atomic E-state index is 13.5. The van der Waals surface area contributed by atoms with Gasteiger partial charge in [-0.1, -0.05) is 23.2 Å². The van der Waals surface area contributed by atoms with Crippen molar-refractivity contribution in [3.63, 3.8) is 0 Å². The Kier molecular flexibility index (Phi) is 5.68. The number of nitrogens with zero attached hydrogens (tertiary/aromatic N) is 2. The SMILES string of the molecule is O=C(Nc1nc(Cl)cc(Cl)n1)NS(=O)(=O)Nc1ccc(F)cc1C(=O)C1CC1. The second-order valence-corrected chi connectivity index (χ2v) is 8.02. The number of hydrogen-bond donors (Lipinski definition) is 3. The molecule has 148 valence electrons. The molecule has 0 atom stereocenters. The van der Waals surface area contributed by atoms with E-state index in [1.54, 1.807) is 4.72 Å². The minimum Gasteiger partial charge on any atom is -0.294 e. The zero-order chi connectivity index (χ0) is 20.5. The molecule has 0 radical (unpaired) electrons.